The second-order valence-electron chi connectivity index (χ2n) is 8.28. The summed E-state index contributed by atoms with van der Waals surface area (Å²) in [6.07, 6.45) is 5.39. The van der Waals surface area contributed by atoms with Gasteiger partial charge in [-0.1, -0.05) is 29.8 Å². The van der Waals surface area contributed by atoms with Crippen molar-refractivity contribution in [3.8, 4) is 0 Å². The summed E-state index contributed by atoms with van der Waals surface area (Å²) in [4.78, 5) is 40.2. The van der Waals surface area contributed by atoms with Gasteiger partial charge in [-0.3, -0.25) is 19.3 Å². The minimum Gasteiger partial charge on any atom is -0.324 e. The molecule has 7 atom stereocenters. The van der Waals surface area contributed by atoms with Gasteiger partial charge in [0.25, 0.3) is 0 Å². The average Bonchev–Trinajstić information content (AvgIpc) is 3.42. The Morgan fingerprint density at radius 3 is 2.33 bits per heavy atom. The number of nitrogens with one attached hydrogen (secondary N) is 1. The summed E-state index contributed by atoms with van der Waals surface area (Å²) >= 11 is 6.11. The molecule has 140 valence electrons. The van der Waals surface area contributed by atoms with Crippen LogP contribution in [0.5, 0.6) is 0 Å². The fourth-order valence-corrected chi connectivity index (χ4v) is 5.63. The van der Waals surface area contributed by atoms with E-state index in [0.717, 1.165) is 12.0 Å². The number of imide groups is 1. The summed E-state index contributed by atoms with van der Waals surface area (Å²) in [6.45, 7) is 3.44. The second-order valence-corrected chi connectivity index (χ2v) is 8.69. The highest BCUT2D eigenvalue weighted by molar-refractivity contribution is 6.31. The molecule has 3 amide bonds. The number of likely N-dealkylation sites (tertiary alicyclic amines) is 1. The van der Waals surface area contributed by atoms with Crippen LogP contribution in [0.4, 0.5) is 5.69 Å². The first-order chi connectivity index (χ1) is 12.9. The molecule has 5 aliphatic rings. The summed E-state index contributed by atoms with van der Waals surface area (Å²) in [5.41, 5.74) is 1.36. The molecule has 6 rings (SSSR count). The predicted octanol–water partition coefficient (Wildman–Crippen LogP) is 3.03. The quantitative estimate of drug-likeness (QED) is 0.643. The first kappa shape index (κ1) is 17.0. The van der Waals surface area contributed by atoms with E-state index in [1.807, 2.05) is 6.92 Å². The van der Waals surface area contributed by atoms with Gasteiger partial charge in [0.1, 0.15) is 6.04 Å². The lowest BCUT2D eigenvalue weighted by Gasteiger charge is -2.37. The summed E-state index contributed by atoms with van der Waals surface area (Å²) in [7, 11) is 0. The molecule has 2 saturated carbocycles. The van der Waals surface area contributed by atoms with Crippen LogP contribution >= 0.6 is 11.6 Å². The number of hydrogen-bond acceptors (Lipinski definition) is 3. The zero-order valence-electron chi connectivity index (χ0n) is 15.2. The van der Waals surface area contributed by atoms with E-state index in [0.29, 0.717) is 22.5 Å². The highest BCUT2D eigenvalue weighted by Gasteiger charge is 2.67. The number of nitrogens with zero attached hydrogens (tertiary/aromatic N) is 1. The Morgan fingerprint density at radius 1 is 1.15 bits per heavy atom. The van der Waals surface area contributed by atoms with E-state index in [1.54, 1.807) is 25.1 Å². The number of hydrogen-bond donors (Lipinski definition) is 1. The highest BCUT2D eigenvalue weighted by atomic mass is 35.5. The van der Waals surface area contributed by atoms with Gasteiger partial charge in [0.2, 0.25) is 17.7 Å². The Balaban J connectivity index is 1.39. The number of allylic oxidation sites excluding steroid dienone is 2. The van der Waals surface area contributed by atoms with Gasteiger partial charge in [-0.25, -0.2) is 0 Å². The molecule has 3 fully saturated rings. The van der Waals surface area contributed by atoms with Crippen LogP contribution < -0.4 is 5.32 Å². The van der Waals surface area contributed by atoms with E-state index < -0.39 is 6.04 Å². The Kier molecular flexibility index (Phi) is 3.57. The van der Waals surface area contributed by atoms with Crippen LogP contribution in [0.25, 0.3) is 0 Å². The molecule has 2 bridgehead atoms. The van der Waals surface area contributed by atoms with Crippen LogP contribution in [-0.2, 0) is 14.4 Å². The molecule has 1 aliphatic heterocycles. The second kappa shape index (κ2) is 5.68. The predicted molar refractivity (Wildman–Crippen MR) is 101 cm³/mol. The third-order valence-electron chi connectivity index (χ3n) is 6.99. The van der Waals surface area contributed by atoms with Crippen LogP contribution in [0.15, 0.2) is 30.4 Å². The summed E-state index contributed by atoms with van der Waals surface area (Å²) in [6, 6.07) is 4.43. The number of halogens is 1. The molecule has 4 aliphatic carbocycles. The van der Waals surface area contributed by atoms with Gasteiger partial charge in [-0.05, 0) is 61.6 Å². The van der Waals surface area contributed by atoms with Crippen LogP contribution in [0.1, 0.15) is 18.9 Å². The smallest absolute Gasteiger partial charge is 0.247 e. The maximum Gasteiger partial charge on any atom is 0.247 e. The zero-order valence-corrected chi connectivity index (χ0v) is 15.9. The molecule has 1 aromatic rings. The molecular formula is C21H21ClN2O3. The van der Waals surface area contributed by atoms with Crippen molar-refractivity contribution in [2.45, 2.75) is 26.3 Å². The van der Waals surface area contributed by atoms with Crippen molar-refractivity contribution in [2.24, 2.45) is 35.5 Å². The van der Waals surface area contributed by atoms with Gasteiger partial charge in [-0.2, -0.15) is 0 Å². The third kappa shape index (κ3) is 2.27. The number of benzene rings is 1. The Bertz CT molecular complexity index is 875. The van der Waals surface area contributed by atoms with E-state index in [2.05, 4.69) is 17.5 Å². The number of carbonyl (C=O) groups is 3. The molecule has 1 heterocycles. The first-order valence-electron chi connectivity index (χ1n) is 9.51. The molecule has 1 aromatic carbocycles. The van der Waals surface area contributed by atoms with Gasteiger partial charge in [0.05, 0.1) is 11.8 Å². The number of carbonyl (C=O) groups excluding carboxylic acids is 3. The Hall–Kier alpha value is -2.14. The van der Waals surface area contributed by atoms with E-state index >= 15 is 0 Å². The Labute approximate surface area is 162 Å². The fourth-order valence-electron chi connectivity index (χ4n) is 5.46. The minimum atomic E-state index is -0.843. The van der Waals surface area contributed by atoms with Crippen molar-refractivity contribution >= 4 is 35.0 Å². The van der Waals surface area contributed by atoms with Crippen LogP contribution in [0.3, 0.4) is 0 Å². The van der Waals surface area contributed by atoms with Gasteiger partial charge < -0.3 is 5.32 Å². The summed E-state index contributed by atoms with van der Waals surface area (Å²) < 4.78 is 0. The molecule has 0 spiro atoms. The van der Waals surface area contributed by atoms with E-state index in [9.17, 15) is 14.4 Å². The summed E-state index contributed by atoms with van der Waals surface area (Å²) in [5.74, 6) is 0.145. The average molecular weight is 385 g/mol. The van der Waals surface area contributed by atoms with Crippen molar-refractivity contribution in [3.05, 3.63) is 40.9 Å². The van der Waals surface area contributed by atoms with Crippen molar-refractivity contribution in [2.75, 3.05) is 5.32 Å². The van der Waals surface area contributed by atoms with Gasteiger partial charge in [-0.15, -0.1) is 0 Å². The molecule has 6 heteroatoms. The van der Waals surface area contributed by atoms with Crippen LogP contribution in [0.2, 0.25) is 5.02 Å². The van der Waals surface area contributed by atoms with Crippen molar-refractivity contribution in [3.63, 3.8) is 0 Å². The highest BCUT2D eigenvalue weighted by Crippen LogP contribution is 2.65. The molecular weight excluding hydrogens is 364 g/mol. The first-order valence-corrected chi connectivity index (χ1v) is 9.89. The summed E-state index contributed by atoms with van der Waals surface area (Å²) in [5, 5.41) is 3.38. The van der Waals surface area contributed by atoms with Gasteiger partial charge in [0, 0.05) is 10.7 Å². The number of rotatable bonds is 3. The number of anilines is 1. The topological polar surface area (TPSA) is 66.5 Å². The SMILES string of the molecule is Cc1c(Cl)cccc1NC(=O)[C@H](C)N1C(=O)[C@@H]2[C@H]3C=C[C@@H]([C@@H]4C[C@H]34)[C@H]2C1=O. The largest absolute Gasteiger partial charge is 0.324 e. The molecule has 1 N–H and O–H groups in total. The Morgan fingerprint density at radius 2 is 1.74 bits per heavy atom. The maximum atomic E-state index is 13.1. The molecule has 1 saturated heterocycles. The van der Waals surface area contributed by atoms with E-state index in [1.165, 1.54) is 4.90 Å². The van der Waals surface area contributed by atoms with Gasteiger partial charge in [0.15, 0.2) is 0 Å². The fraction of sp³-hybridized carbons (Fsp3) is 0.476. The number of amides is 3. The van der Waals surface area contributed by atoms with Crippen LogP contribution in [0, 0.1) is 42.4 Å². The van der Waals surface area contributed by atoms with Crippen LogP contribution in [-0.4, -0.2) is 28.7 Å². The third-order valence-corrected chi connectivity index (χ3v) is 7.40. The van der Waals surface area contributed by atoms with Crippen molar-refractivity contribution in [1.29, 1.82) is 0 Å². The standard InChI is InChI=1S/C21H21ClN2O3/c1-9-15(22)4-3-5-16(9)23-19(25)10(2)24-20(26)17-11-6-7-12(14-8-13(11)14)18(17)21(24)27/h3-7,10-14,17-18H,8H2,1-2H3,(H,23,25)/t10-,11-,12-,13-,14+,17+,18+/m0/s1. The molecule has 0 unspecified atom stereocenters. The molecule has 27 heavy (non-hydrogen) atoms. The molecule has 0 aromatic heterocycles. The normalized spacial score (nSPS) is 36.5. The van der Waals surface area contributed by atoms with Crippen molar-refractivity contribution in [1.82, 2.24) is 4.90 Å². The molecule has 0 radical (unpaired) electrons. The van der Waals surface area contributed by atoms with Gasteiger partial charge >= 0.3 is 0 Å². The molecule has 5 nitrogen and oxygen atoms in total. The minimum absolute atomic E-state index is 0.164. The van der Waals surface area contributed by atoms with E-state index in [-0.39, 0.29) is 41.4 Å². The van der Waals surface area contributed by atoms with E-state index in [4.69, 9.17) is 11.6 Å². The monoisotopic (exact) mass is 384 g/mol. The zero-order chi connectivity index (χ0) is 19.0. The maximum absolute atomic E-state index is 13.1. The lowest BCUT2D eigenvalue weighted by atomic mass is 9.63. The lowest BCUT2D eigenvalue weighted by Crippen LogP contribution is -2.46. The lowest BCUT2D eigenvalue weighted by molar-refractivity contribution is -0.146. The van der Waals surface area contributed by atoms with Crippen molar-refractivity contribution < 1.29 is 14.4 Å².